The molecule has 126 valence electrons. The Morgan fingerprint density at radius 1 is 1.32 bits per heavy atom. The molecule has 2 N–H and O–H groups in total. The van der Waals surface area contributed by atoms with E-state index >= 15 is 0 Å². The maximum atomic E-state index is 4.30. The summed E-state index contributed by atoms with van der Waals surface area (Å²) in [6, 6.07) is 0. The fourth-order valence-corrected chi connectivity index (χ4v) is 2.51. The van der Waals surface area contributed by atoms with Crippen molar-refractivity contribution in [2.75, 3.05) is 20.1 Å². The molecule has 0 bridgehead atoms. The van der Waals surface area contributed by atoms with Crippen molar-refractivity contribution >= 4 is 5.96 Å². The minimum atomic E-state index is 0.744. The van der Waals surface area contributed by atoms with Crippen LogP contribution in [0.25, 0.3) is 0 Å². The highest BCUT2D eigenvalue weighted by Gasteiger charge is 2.06. The highest BCUT2D eigenvalue weighted by atomic mass is 15.2. The number of hydrogen-bond donors (Lipinski definition) is 2. The average molecular weight is 307 g/mol. The van der Waals surface area contributed by atoms with Crippen molar-refractivity contribution in [3.63, 3.8) is 0 Å². The second-order valence-corrected chi connectivity index (χ2v) is 5.92. The summed E-state index contributed by atoms with van der Waals surface area (Å²) in [5.41, 5.74) is 1.29. The van der Waals surface area contributed by atoms with E-state index in [0.717, 1.165) is 37.8 Å². The van der Waals surface area contributed by atoms with Gasteiger partial charge in [-0.25, -0.2) is 0 Å². The van der Waals surface area contributed by atoms with Gasteiger partial charge >= 0.3 is 0 Å². The predicted octanol–water partition coefficient (Wildman–Crippen LogP) is 2.73. The Morgan fingerprint density at radius 2 is 2.14 bits per heavy atom. The highest BCUT2D eigenvalue weighted by Crippen LogP contribution is 2.11. The smallest absolute Gasteiger partial charge is 0.190 e. The summed E-state index contributed by atoms with van der Waals surface area (Å²) in [7, 11) is 3.79. The monoisotopic (exact) mass is 307 g/mol. The summed E-state index contributed by atoms with van der Waals surface area (Å²) in [6.07, 6.45) is 11.3. The molecule has 1 atom stereocenters. The first-order valence-corrected chi connectivity index (χ1v) is 8.61. The second kappa shape index (κ2) is 11.1. The van der Waals surface area contributed by atoms with Crippen molar-refractivity contribution < 1.29 is 0 Å². The molecular weight excluding hydrogens is 274 g/mol. The summed E-state index contributed by atoms with van der Waals surface area (Å²) in [5.74, 6) is 1.66. The summed E-state index contributed by atoms with van der Waals surface area (Å²) >= 11 is 0. The van der Waals surface area contributed by atoms with Crippen LogP contribution in [0, 0.1) is 5.92 Å². The number of aromatic nitrogens is 2. The predicted molar refractivity (Wildman–Crippen MR) is 94.2 cm³/mol. The van der Waals surface area contributed by atoms with Gasteiger partial charge in [0.2, 0.25) is 0 Å². The fourth-order valence-electron chi connectivity index (χ4n) is 2.51. The van der Waals surface area contributed by atoms with Gasteiger partial charge in [0.1, 0.15) is 0 Å². The molecule has 0 fully saturated rings. The average Bonchev–Trinajstić information content (AvgIpc) is 2.94. The van der Waals surface area contributed by atoms with Gasteiger partial charge in [-0.2, -0.15) is 5.10 Å². The first-order valence-electron chi connectivity index (χ1n) is 8.61. The Hall–Kier alpha value is -1.52. The maximum Gasteiger partial charge on any atom is 0.190 e. The standard InChI is InChI=1S/C17H33N5/c1-5-7-9-15(6-2)12-20-17(18-3)19-11-8-10-16-13-21-22(4)14-16/h13-15H,5-12H2,1-4H3,(H2,18,19,20). The van der Waals surface area contributed by atoms with Crippen molar-refractivity contribution in [3.8, 4) is 0 Å². The Labute approximate surface area is 135 Å². The summed E-state index contributed by atoms with van der Waals surface area (Å²) in [4.78, 5) is 4.30. The lowest BCUT2D eigenvalue weighted by Gasteiger charge is -2.18. The van der Waals surface area contributed by atoms with Crippen LogP contribution in [0.4, 0.5) is 0 Å². The summed E-state index contributed by atoms with van der Waals surface area (Å²) in [5, 5.41) is 11.0. The third-order valence-corrected chi connectivity index (χ3v) is 4.02. The van der Waals surface area contributed by atoms with Gasteiger partial charge in [-0.3, -0.25) is 9.67 Å². The number of aryl methyl sites for hydroxylation is 2. The van der Waals surface area contributed by atoms with E-state index in [9.17, 15) is 0 Å². The van der Waals surface area contributed by atoms with E-state index in [1.165, 1.54) is 31.2 Å². The minimum absolute atomic E-state index is 0.744. The molecule has 1 unspecified atom stereocenters. The first kappa shape index (κ1) is 18.5. The zero-order chi connectivity index (χ0) is 16.2. The molecule has 0 saturated heterocycles. The molecule has 0 aliphatic heterocycles. The Morgan fingerprint density at radius 3 is 2.73 bits per heavy atom. The van der Waals surface area contributed by atoms with Gasteiger partial charge in [-0.1, -0.05) is 33.1 Å². The number of rotatable bonds is 10. The normalized spacial score (nSPS) is 13.2. The molecule has 0 radical (unpaired) electrons. The Bertz CT molecular complexity index is 424. The second-order valence-electron chi connectivity index (χ2n) is 5.92. The van der Waals surface area contributed by atoms with Gasteiger partial charge in [0.15, 0.2) is 5.96 Å². The molecule has 5 heteroatoms. The number of aliphatic imine (C=N–C) groups is 1. The van der Waals surface area contributed by atoms with Crippen LogP contribution in [0.2, 0.25) is 0 Å². The van der Waals surface area contributed by atoms with Crippen molar-refractivity contribution in [2.45, 2.75) is 52.4 Å². The number of unbranched alkanes of at least 4 members (excludes halogenated alkanes) is 1. The van der Waals surface area contributed by atoms with Gasteiger partial charge in [-0.15, -0.1) is 0 Å². The lowest BCUT2D eigenvalue weighted by atomic mass is 9.99. The molecule has 0 aliphatic carbocycles. The third-order valence-electron chi connectivity index (χ3n) is 4.02. The van der Waals surface area contributed by atoms with Crippen LogP contribution < -0.4 is 10.6 Å². The van der Waals surface area contributed by atoms with Crippen molar-refractivity contribution in [1.82, 2.24) is 20.4 Å². The minimum Gasteiger partial charge on any atom is -0.356 e. The van der Waals surface area contributed by atoms with Crippen LogP contribution in [0.1, 0.15) is 51.5 Å². The van der Waals surface area contributed by atoms with Crippen molar-refractivity contribution in [1.29, 1.82) is 0 Å². The molecule has 0 spiro atoms. The molecule has 0 aliphatic rings. The summed E-state index contributed by atoms with van der Waals surface area (Å²) < 4.78 is 1.85. The van der Waals surface area contributed by atoms with Crippen LogP contribution in [-0.2, 0) is 13.5 Å². The quantitative estimate of drug-likeness (QED) is 0.397. The van der Waals surface area contributed by atoms with Crippen molar-refractivity contribution in [2.24, 2.45) is 18.0 Å². The molecule has 22 heavy (non-hydrogen) atoms. The van der Waals surface area contributed by atoms with Crippen LogP contribution in [0.15, 0.2) is 17.4 Å². The van der Waals surface area contributed by atoms with Crippen LogP contribution in [-0.4, -0.2) is 35.9 Å². The molecule has 5 nitrogen and oxygen atoms in total. The largest absolute Gasteiger partial charge is 0.356 e. The number of nitrogens with zero attached hydrogens (tertiary/aromatic N) is 3. The Kier molecular flexibility index (Phi) is 9.35. The lowest BCUT2D eigenvalue weighted by molar-refractivity contribution is 0.443. The Balaban J connectivity index is 2.18. The maximum absolute atomic E-state index is 4.30. The SMILES string of the molecule is CCCCC(CC)CNC(=NC)NCCCc1cnn(C)c1. The number of guanidine groups is 1. The molecule has 1 heterocycles. The lowest BCUT2D eigenvalue weighted by Crippen LogP contribution is -2.40. The molecule has 0 amide bonds. The van der Waals surface area contributed by atoms with Crippen LogP contribution in [0.5, 0.6) is 0 Å². The molecule has 1 aromatic rings. The topological polar surface area (TPSA) is 54.2 Å². The van der Waals surface area contributed by atoms with Crippen LogP contribution >= 0.6 is 0 Å². The molecule has 0 saturated carbocycles. The fraction of sp³-hybridized carbons (Fsp3) is 0.765. The van der Waals surface area contributed by atoms with E-state index < -0.39 is 0 Å². The van der Waals surface area contributed by atoms with E-state index in [1.807, 2.05) is 25.0 Å². The van der Waals surface area contributed by atoms with Crippen LogP contribution in [0.3, 0.4) is 0 Å². The molecule has 0 aromatic carbocycles. The summed E-state index contributed by atoms with van der Waals surface area (Å²) in [6.45, 7) is 6.47. The van der Waals surface area contributed by atoms with Gasteiger partial charge in [-0.05, 0) is 30.7 Å². The highest BCUT2D eigenvalue weighted by molar-refractivity contribution is 5.79. The first-order chi connectivity index (χ1) is 10.7. The zero-order valence-electron chi connectivity index (χ0n) is 14.7. The molecule has 1 aromatic heterocycles. The van der Waals surface area contributed by atoms with E-state index in [-0.39, 0.29) is 0 Å². The molecular formula is C17H33N5. The molecule has 1 rings (SSSR count). The van der Waals surface area contributed by atoms with Gasteiger partial charge in [0.25, 0.3) is 0 Å². The van der Waals surface area contributed by atoms with Crippen molar-refractivity contribution in [3.05, 3.63) is 18.0 Å². The third kappa shape index (κ3) is 7.48. The van der Waals surface area contributed by atoms with Gasteiger partial charge in [0.05, 0.1) is 6.20 Å². The van der Waals surface area contributed by atoms with Gasteiger partial charge < -0.3 is 10.6 Å². The number of hydrogen-bond acceptors (Lipinski definition) is 2. The number of nitrogens with one attached hydrogen (secondary N) is 2. The van der Waals surface area contributed by atoms with E-state index in [1.54, 1.807) is 0 Å². The zero-order valence-corrected chi connectivity index (χ0v) is 14.7. The van der Waals surface area contributed by atoms with Gasteiger partial charge in [0, 0.05) is 33.4 Å². The van der Waals surface area contributed by atoms with E-state index in [2.05, 4.69) is 40.8 Å². The van der Waals surface area contributed by atoms with E-state index in [4.69, 9.17) is 0 Å². The van der Waals surface area contributed by atoms with E-state index in [0.29, 0.717) is 0 Å².